The van der Waals surface area contributed by atoms with Gasteiger partial charge < -0.3 is 14.9 Å². The van der Waals surface area contributed by atoms with E-state index in [-0.39, 0.29) is 19.3 Å². The number of benzene rings is 1. The average molecular weight is 265 g/mol. The minimum Gasteiger partial charge on any atom is -0.493 e. The van der Waals surface area contributed by atoms with Gasteiger partial charge in [0.15, 0.2) is 0 Å². The van der Waals surface area contributed by atoms with Crippen molar-refractivity contribution in [3.8, 4) is 5.75 Å². The van der Waals surface area contributed by atoms with Crippen LogP contribution in [0.3, 0.4) is 0 Å². The molecule has 0 saturated heterocycles. The van der Waals surface area contributed by atoms with Gasteiger partial charge >= 0.3 is 0 Å². The molecule has 0 saturated carbocycles. The molecule has 2 unspecified atom stereocenters. The Bertz CT molecular complexity index is 409. The van der Waals surface area contributed by atoms with Gasteiger partial charge in [-0.25, -0.2) is 0 Å². The Kier molecular flexibility index (Phi) is 4.45. The summed E-state index contributed by atoms with van der Waals surface area (Å²) in [6.45, 7) is 4.57. The molecule has 0 bridgehead atoms. The van der Waals surface area contributed by atoms with E-state index in [1.54, 1.807) is 0 Å². The first kappa shape index (κ1) is 14.3. The number of nitrogens with one attached hydrogen (secondary N) is 1. The van der Waals surface area contributed by atoms with Crippen LogP contribution in [-0.2, 0) is 0 Å². The van der Waals surface area contributed by atoms with Crippen molar-refractivity contribution in [2.75, 3.05) is 19.8 Å². The first-order valence-corrected chi connectivity index (χ1v) is 6.87. The number of hydrogen-bond donors (Lipinski definition) is 3. The summed E-state index contributed by atoms with van der Waals surface area (Å²) >= 11 is 0. The van der Waals surface area contributed by atoms with Crippen LogP contribution >= 0.6 is 0 Å². The Morgan fingerprint density at radius 3 is 2.63 bits per heavy atom. The molecule has 1 aromatic rings. The number of rotatable bonds is 5. The summed E-state index contributed by atoms with van der Waals surface area (Å²) in [4.78, 5) is 0. The van der Waals surface area contributed by atoms with Crippen molar-refractivity contribution in [3.05, 3.63) is 29.8 Å². The van der Waals surface area contributed by atoms with Crippen LogP contribution in [0.2, 0.25) is 0 Å². The lowest BCUT2D eigenvalue weighted by molar-refractivity contribution is 0.0595. The molecule has 0 aliphatic carbocycles. The van der Waals surface area contributed by atoms with Gasteiger partial charge in [0, 0.05) is 17.5 Å². The zero-order valence-electron chi connectivity index (χ0n) is 11.6. The maximum atomic E-state index is 9.59. The van der Waals surface area contributed by atoms with Crippen LogP contribution in [0.1, 0.15) is 31.9 Å². The van der Waals surface area contributed by atoms with E-state index in [9.17, 15) is 10.2 Å². The molecular weight excluding hydrogens is 242 g/mol. The number of ether oxygens (including phenoxy) is 1. The largest absolute Gasteiger partial charge is 0.493 e. The molecule has 3 N–H and O–H groups in total. The number of fused-ring (bicyclic) bond motifs is 1. The lowest BCUT2D eigenvalue weighted by Gasteiger charge is -2.40. The maximum absolute atomic E-state index is 9.59. The second kappa shape index (κ2) is 5.90. The average Bonchev–Trinajstić information content (AvgIpc) is 2.47. The SMILES string of the molecule is CCC(CO)(CO)NC1c2ccccc2OCC1C. The Morgan fingerprint density at radius 1 is 1.32 bits per heavy atom. The molecular formula is C15H23NO3. The Hall–Kier alpha value is -1.10. The summed E-state index contributed by atoms with van der Waals surface area (Å²) in [6, 6.07) is 8.03. The van der Waals surface area contributed by atoms with Crippen molar-refractivity contribution in [1.82, 2.24) is 5.32 Å². The van der Waals surface area contributed by atoms with E-state index in [1.807, 2.05) is 31.2 Å². The predicted molar refractivity (Wildman–Crippen MR) is 74.2 cm³/mol. The summed E-state index contributed by atoms with van der Waals surface area (Å²) in [6.07, 6.45) is 0.673. The van der Waals surface area contributed by atoms with Crippen molar-refractivity contribution in [2.24, 2.45) is 5.92 Å². The Balaban J connectivity index is 2.28. The van der Waals surface area contributed by atoms with Crippen molar-refractivity contribution in [2.45, 2.75) is 31.8 Å². The maximum Gasteiger partial charge on any atom is 0.124 e. The fourth-order valence-corrected chi connectivity index (χ4v) is 2.51. The molecule has 2 rings (SSSR count). The van der Waals surface area contributed by atoms with Crippen LogP contribution < -0.4 is 10.1 Å². The molecule has 1 aliphatic heterocycles. The fourth-order valence-electron chi connectivity index (χ4n) is 2.51. The van der Waals surface area contributed by atoms with Crippen LogP contribution in [-0.4, -0.2) is 35.6 Å². The number of hydrogen-bond acceptors (Lipinski definition) is 4. The number of para-hydroxylation sites is 1. The first-order valence-electron chi connectivity index (χ1n) is 6.87. The van der Waals surface area contributed by atoms with E-state index in [1.165, 1.54) is 0 Å². The Labute approximate surface area is 114 Å². The van der Waals surface area contributed by atoms with Gasteiger partial charge in [0.05, 0.1) is 25.4 Å². The quantitative estimate of drug-likeness (QED) is 0.754. The van der Waals surface area contributed by atoms with Crippen LogP contribution in [0, 0.1) is 5.92 Å². The zero-order chi connectivity index (χ0) is 13.9. The third-order valence-corrected chi connectivity index (χ3v) is 4.07. The smallest absolute Gasteiger partial charge is 0.124 e. The molecule has 1 aromatic carbocycles. The lowest BCUT2D eigenvalue weighted by atomic mass is 9.87. The van der Waals surface area contributed by atoms with Gasteiger partial charge in [-0.2, -0.15) is 0 Å². The molecule has 0 amide bonds. The van der Waals surface area contributed by atoms with Gasteiger partial charge in [0.1, 0.15) is 5.75 Å². The summed E-state index contributed by atoms with van der Waals surface area (Å²) in [5.41, 5.74) is 0.463. The predicted octanol–water partition coefficient (Wildman–Crippen LogP) is 1.48. The van der Waals surface area contributed by atoms with Crippen molar-refractivity contribution in [3.63, 3.8) is 0 Å². The highest BCUT2D eigenvalue weighted by Gasteiger charge is 2.35. The second-order valence-electron chi connectivity index (χ2n) is 5.40. The van der Waals surface area contributed by atoms with Crippen molar-refractivity contribution < 1.29 is 14.9 Å². The van der Waals surface area contributed by atoms with Gasteiger partial charge in [-0.05, 0) is 12.5 Å². The topological polar surface area (TPSA) is 61.7 Å². The minimum absolute atomic E-state index is 0.0771. The monoisotopic (exact) mass is 265 g/mol. The van der Waals surface area contributed by atoms with Crippen LogP contribution in [0.25, 0.3) is 0 Å². The van der Waals surface area contributed by atoms with E-state index in [0.29, 0.717) is 18.9 Å². The normalized spacial score (nSPS) is 22.7. The standard InChI is InChI=1S/C15H23NO3/c1-3-15(9-17,10-18)16-14-11(2)8-19-13-7-5-4-6-12(13)14/h4-7,11,14,16-18H,3,8-10H2,1-2H3. The number of aliphatic hydroxyl groups excluding tert-OH is 2. The van der Waals surface area contributed by atoms with E-state index in [4.69, 9.17) is 4.74 Å². The molecule has 0 aromatic heterocycles. The lowest BCUT2D eigenvalue weighted by Crippen LogP contribution is -2.54. The number of aliphatic hydroxyl groups is 2. The molecule has 1 heterocycles. The molecule has 0 spiro atoms. The summed E-state index contributed by atoms with van der Waals surface area (Å²) in [5, 5.41) is 22.6. The van der Waals surface area contributed by atoms with Crippen LogP contribution in [0.15, 0.2) is 24.3 Å². The molecule has 1 aliphatic rings. The highest BCUT2D eigenvalue weighted by Crippen LogP contribution is 2.36. The molecule has 4 nitrogen and oxygen atoms in total. The summed E-state index contributed by atoms with van der Waals surface area (Å²) < 4.78 is 5.72. The molecule has 2 atom stereocenters. The summed E-state index contributed by atoms with van der Waals surface area (Å²) in [7, 11) is 0. The highest BCUT2D eigenvalue weighted by atomic mass is 16.5. The van der Waals surface area contributed by atoms with Gasteiger partial charge in [-0.15, -0.1) is 0 Å². The second-order valence-corrected chi connectivity index (χ2v) is 5.40. The Morgan fingerprint density at radius 2 is 2.00 bits per heavy atom. The van der Waals surface area contributed by atoms with Crippen LogP contribution in [0.5, 0.6) is 5.75 Å². The molecule has 19 heavy (non-hydrogen) atoms. The molecule has 0 fully saturated rings. The first-order chi connectivity index (χ1) is 9.15. The third-order valence-electron chi connectivity index (χ3n) is 4.07. The van der Waals surface area contributed by atoms with E-state index in [2.05, 4.69) is 12.2 Å². The fraction of sp³-hybridized carbons (Fsp3) is 0.600. The van der Waals surface area contributed by atoms with Crippen LogP contribution in [0.4, 0.5) is 0 Å². The highest BCUT2D eigenvalue weighted by molar-refractivity contribution is 5.38. The van der Waals surface area contributed by atoms with E-state index < -0.39 is 5.54 Å². The van der Waals surface area contributed by atoms with Gasteiger partial charge in [-0.1, -0.05) is 32.0 Å². The van der Waals surface area contributed by atoms with Crippen molar-refractivity contribution in [1.29, 1.82) is 0 Å². The molecule has 106 valence electrons. The third kappa shape index (κ3) is 2.76. The van der Waals surface area contributed by atoms with E-state index in [0.717, 1.165) is 11.3 Å². The zero-order valence-corrected chi connectivity index (χ0v) is 11.6. The summed E-state index contributed by atoms with van der Waals surface area (Å²) in [5.74, 6) is 1.18. The molecule has 0 radical (unpaired) electrons. The van der Waals surface area contributed by atoms with Crippen molar-refractivity contribution >= 4 is 0 Å². The van der Waals surface area contributed by atoms with E-state index >= 15 is 0 Å². The van der Waals surface area contributed by atoms with Gasteiger partial charge in [0.25, 0.3) is 0 Å². The van der Waals surface area contributed by atoms with Gasteiger partial charge in [0.2, 0.25) is 0 Å². The van der Waals surface area contributed by atoms with Gasteiger partial charge in [-0.3, -0.25) is 5.32 Å². The minimum atomic E-state index is -0.636. The molecule has 4 heteroatoms.